The van der Waals surface area contributed by atoms with E-state index < -0.39 is 0 Å². The molecule has 1 amide bonds. The van der Waals surface area contributed by atoms with Crippen LogP contribution in [0.5, 0.6) is 0 Å². The van der Waals surface area contributed by atoms with Crippen LogP contribution in [0.1, 0.15) is 39.5 Å². The first kappa shape index (κ1) is 12.4. The second-order valence-electron chi connectivity index (χ2n) is 3.41. The number of amides is 1. The Morgan fingerprint density at radius 2 is 1.92 bits per heavy atom. The monoisotopic (exact) mass is 187 g/mol. The number of unbranched alkanes of at least 4 members (excludes halogenated alkanes) is 3. The molecule has 0 aliphatic heterocycles. The first-order valence-electron chi connectivity index (χ1n) is 5.06. The molecule has 0 aliphatic carbocycles. The van der Waals surface area contributed by atoms with Crippen molar-refractivity contribution in [1.29, 1.82) is 0 Å². The Morgan fingerprint density at radius 3 is 2.54 bits per heavy atom. The number of hydrogen-bond acceptors (Lipinski definition) is 2. The quantitative estimate of drug-likeness (QED) is 0.441. The molecule has 0 aromatic heterocycles. The van der Waals surface area contributed by atoms with Crippen molar-refractivity contribution in [1.82, 2.24) is 5.32 Å². The molecule has 0 bridgehead atoms. The predicted molar refractivity (Wildman–Crippen MR) is 53.6 cm³/mol. The van der Waals surface area contributed by atoms with Crippen molar-refractivity contribution in [3.63, 3.8) is 0 Å². The van der Waals surface area contributed by atoms with E-state index >= 15 is 0 Å². The number of ether oxygens (including phenoxy) is 1. The summed E-state index contributed by atoms with van der Waals surface area (Å²) in [5.74, 6) is 0. The number of nitrogens with one attached hydrogen (secondary N) is 1. The summed E-state index contributed by atoms with van der Waals surface area (Å²) in [6, 6.07) is 0. The van der Waals surface area contributed by atoms with Gasteiger partial charge in [0.2, 0.25) is 6.41 Å². The summed E-state index contributed by atoms with van der Waals surface area (Å²) in [7, 11) is 0. The van der Waals surface area contributed by atoms with E-state index in [9.17, 15) is 4.79 Å². The van der Waals surface area contributed by atoms with Crippen LogP contribution in [-0.4, -0.2) is 25.7 Å². The summed E-state index contributed by atoms with van der Waals surface area (Å²) in [6.07, 6.45) is 5.65. The van der Waals surface area contributed by atoms with E-state index in [1.54, 1.807) is 0 Å². The number of rotatable bonds is 9. The second-order valence-corrected chi connectivity index (χ2v) is 3.41. The summed E-state index contributed by atoms with van der Waals surface area (Å²) in [5, 5.41) is 2.65. The zero-order valence-corrected chi connectivity index (χ0v) is 8.71. The van der Waals surface area contributed by atoms with Crippen molar-refractivity contribution in [2.24, 2.45) is 0 Å². The van der Waals surface area contributed by atoms with Gasteiger partial charge in [-0.15, -0.1) is 0 Å². The second kappa shape index (κ2) is 9.52. The molecule has 0 aliphatic rings. The maximum atomic E-state index is 9.88. The minimum absolute atomic E-state index is 0.344. The van der Waals surface area contributed by atoms with E-state index in [-0.39, 0.29) is 0 Å². The van der Waals surface area contributed by atoms with E-state index in [1.165, 1.54) is 12.8 Å². The van der Waals surface area contributed by atoms with Crippen molar-refractivity contribution in [3.8, 4) is 0 Å². The van der Waals surface area contributed by atoms with Gasteiger partial charge in [-0.1, -0.05) is 12.8 Å². The number of carbonyl (C=O) groups excluding carboxylic acids is 1. The van der Waals surface area contributed by atoms with Gasteiger partial charge in [0.1, 0.15) is 0 Å². The van der Waals surface area contributed by atoms with Gasteiger partial charge in [0, 0.05) is 13.2 Å². The number of hydrogen-bond donors (Lipinski definition) is 1. The highest BCUT2D eigenvalue weighted by atomic mass is 16.5. The molecule has 0 saturated heterocycles. The zero-order chi connectivity index (χ0) is 9.94. The molecular weight excluding hydrogens is 166 g/mol. The third-order valence-electron chi connectivity index (χ3n) is 1.75. The van der Waals surface area contributed by atoms with E-state index in [4.69, 9.17) is 4.74 Å². The normalized spacial score (nSPS) is 10.4. The molecule has 13 heavy (non-hydrogen) atoms. The lowest BCUT2D eigenvalue weighted by Crippen LogP contribution is -2.11. The molecule has 0 heterocycles. The fourth-order valence-corrected chi connectivity index (χ4v) is 1.06. The lowest BCUT2D eigenvalue weighted by atomic mass is 10.2. The van der Waals surface area contributed by atoms with Crippen molar-refractivity contribution in [2.75, 3.05) is 13.2 Å². The molecular formula is C10H21NO2. The average Bonchev–Trinajstić information content (AvgIpc) is 2.09. The first-order chi connectivity index (χ1) is 6.27. The molecule has 0 rings (SSSR count). The van der Waals surface area contributed by atoms with Crippen molar-refractivity contribution in [2.45, 2.75) is 45.6 Å². The van der Waals surface area contributed by atoms with Gasteiger partial charge in [-0.3, -0.25) is 4.79 Å². The van der Waals surface area contributed by atoms with Crippen molar-refractivity contribution >= 4 is 6.41 Å². The van der Waals surface area contributed by atoms with Gasteiger partial charge in [0.15, 0.2) is 0 Å². The summed E-state index contributed by atoms with van der Waals surface area (Å²) < 4.78 is 5.40. The molecule has 0 saturated carbocycles. The molecule has 3 nitrogen and oxygen atoms in total. The van der Waals surface area contributed by atoms with Crippen LogP contribution in [0, 0.1) is 0 Å². The first-order valence-corrected chi connectivity index (χ1v) is 5.06. The van der Waals surface area contributed by atoms with Crippen LogP contribution in [-0.2, 0) is 9.53 Å². The maximum Gasteiger partial charge on any atom is 0.207 e. The molecule has 0 aromatic carbocycles. The van der Waals surface area contributed by atoms with Gasteiger partial charge >= 0.3 is 0 Å². The Morgan fingerprint density at radius 1 is 1.23 bits per heavy atom. The molecule has 3 heteroatoms. The molecule has 0 radical (unpaired) electrons. The molecule has 0 unspecified atom stereocenters. The summed E-state index contributed by atoms with van der Waals surface area (Å²) in [6.45, 7) is 5.76. The van der Waals surface area contributed by atoms with Crippen LogP contribution >= 0.6 is 0 Å². The van der Waals surface area contributed by atoms with Gasteiger partial charge < -0.3 is 10.1 Å². The maximum absolute atomic E-state index is 9.88. The molecule has 0 fully saturated rings. The summed E-state index contributed by atoms with van der Waals surface area (Å²) in [4.78, 5) is 9.88. The molecule has 0 aromatic rings. The lowest BCUT2D eigenvalue weighted by molar-refractivity contribution is -0.109. The van der Waals surface area contributed by atoms with Gasteiger partial charge in [-0.05, 0) is 26.7 Å². The SMILES string of the molecule is CC(C)OCCCCCCNC=O. The van der Waals surface area contributed by atoms with Gasteiger partial charge in [0.25, 0.3) is 0 Å². The average molecular weight is 187 g/mol. The van der Waals surface area contributed by atoms with E-state index in [2.05, 4.69) is 5.32 Å². The van der Waals surface area contributed by atoms with Crippen LogP contribution in [0.3, 0.4) is 0 Å². The molecule has 78 valence electrons. The van der Waals surface area contributed by atoms with Gasteiger partial charge in [-0.2, -0.15) is 0 Å². The minimum atomic E-state index is 0.344. The van der Waals surface area contributed by atoms with Crippen LogP contribution in [0.4, 0.5) is 0 Å². The third-order valence-corrected chi connectivity index (χ3v) is 1.75. The highest BCUT2D eigenvalue weighted by molar-refractivity contribution is 5.45. The van der Waals surface area contributed by atoms with Crippen LogP contribution in [0.25, 0.3) is 0 Å². The fourth-order valence-electron chi connectivity index (χ4n) is 1.06. The Bertz CT molecular complexity index is 115. The predicted octanol–water partition coefficient (Wildman–Crippen LogP) is 1.72. The van der Waals surface area contributed by atoms with Crippen LogP contribution in [0.2, 0.25) is 0 Å². The standard InChI is InChI=1S/C10H21NO2/c1-10(2)13-8-6-4-3-5-7-11-9-12/h9-10H,3-8H2,1-2H3,(H,11,12). The van der Waals surface area contributed by atoms with Crippen LogP contribution < -0.4 is 5.32 Å². The largest absolute Gasteiger partial charge is 0.379 e. The Balaban J connectivity index is 2.87. The zero-order valence-electron chi connectivity index (χ0n) is 8.71. The Kier molecular flexibility index (Phi) is 9.10. The summed E-state index contributed by atoms with van der Waals surface area (Å²) >= 11 is 0. The highest BCUT2D eigenvalue weighted by Gasteiger charge is 1.93. The molecule has 1 N–H and O–H groups in total. The molecule has 0 atom stereocenters. The van der Waals surface area contributed by atoms with E-state index in [0.717, 1.165) is 32.4 Å². The summed E-state index contributed by atoms with van der Waals surface area (Å²) in [5.41, 5.74) is 0. The van der Waals surface area contributed by atoms with Gasteiger partial charge in [-0.25, -0.2) is 0 Å². The van der Waals surface area contributed by atoms with Crippen molar-refractivity contribution in [3.05, 3.63) is 0 Å². The van der Waals surface area contributed by atoms with E-state index in [0.29, 0.717) is 6.10 Å². The highest BCUT2D eigenvalue weighted by Crippen LogP contribution is 2.00. The van der Waals surface area contributed by atoms with Gasteiger partial charge in [0.05, 0.1) is 6.10 Å². The molecule has 0 spiro atoms. The number of carbonyl (C=O) groups is 1. The smallest absolute Gasteiger partial charge is 0.207 e. The fraction of sp³-hybridized carbons (Fsp3) is 0.900. The topological polar surface area (TPSA) is 38.3 Å². The third kappa shape index (κ3) is 11.4. The Hall–Kier alpha value is -0.570. The van der Waals surface area contributed by atoms with Crippen molar-refractivity contribution < 1.29 is 9.53 Å². The van der Waals surface area contributed by atoms with Crippen LogP contribution in [0.15, 0.2) is 0 Å². The lowest BCUT2D eigenvalue weighted by Gasteiger charge is -2.06. The minimum Gasteiger partial charge on any atom is -0.379 e. The van der Waals surface area contributed by atoms with E-state index in [1.807, 2.05) is 13.8 Å². The Labute approximate surface area is 80.8 Å².